The van der Waals surface area contributed by atoms with Gasteiger partial charge in [-0.05, 0) is 52.8 Å². The van der Waals surface area contributed by atoms with Gasteiger partial charge in [-0.1, -0.05) is 6.07 Å². The van der Waals surface area contributed by atoms with Crippen molar-refractivity contribution in [1.82, 2.24) is 5.32 Å². The highest BCUT2D eigenvalue weighted by Crippen LogP contribution is 2.32. The molecule has 0 saturated carbocycles. The van der Waals surface area contributed by atoms with Crippen molar-refractivity contribution in [1.29, 1.82) is 0 Å². The molecular formula is C16H18N2O3S. The van der Waals surface area contributed by atoms with Gasteiger partial charge in [0.2, 0.25) is 0 Å². The predicted molar refractivity (Wildman–Crippen MR) is 86.1 cm³/mol. The highest BCUT2D eigenvalue weighted by molar-refractivity contribution is 7.07. The maximum Gasteiger partial charge on any atom is 0.269 e. The van der Waals surface area contributed by atoms with Crippen LogP contribution in [0.4, 0.5) is 5.69 Å². The number of hydrogen-bond donors (Lipinski definition) is 2. The van der Waals surface area contributed by atoms with E-state index >= 15 is 0 Å². The largest absolute Gasteiger partial charge is 0.387 e. The van der Waals surface area contributed by atoms with Crippen LogP contribution < -0.4 is 5.32 Å². The summed E-state index contributed by atoms with van der Waals surface area (Å²) in [4.78, 5) is 10.6. The van der Waals surface area contributed by atoms with Gasteiger partial charge in [0, 0.05) is 24.7 Å². The van der Waals surface area contributed by atoms with Gasteiger partial charge in [0.05, 0.1) is 11.0 Å². The summed E-state index contributed by atoms with van der Waals surface area (Å²) in [6.45, 7) is 0.448. The van der Waals surface area contributed by atoms with E-state index in [1.165, 1.54) is 5.56 Å². The van der Waals surface area contributed by atoms with Gasteiger partial charge in [0.15, 0.2) is 0 Å². The summed E-state index contributed by atoms with van der Waals surface area (Å²) in [5.74, 6) is 0. The van der Waals surface area contributed by atoms with Crippen molar-refractivity contribution in [3.63, 3.8) is 0 Å². The molecule has 1 aromatic carbocycles. The van der Waals surface area contributed by atoms with Gasteiger partial charge < -0.3 is 10.4 Å². The third kappa shape index (κ3) is 3.19. The number of nitrogens with one attached hydrogen (secondary N) is 1. The number of fused-ring (bicyclic) bond motifs is 1. The van der Waals surface area contributed by atoms with Gasteiger partial charge >= 0.3 is 0 Å². The summed E-state index contributed by atoms with van der Waals surface area (Å²) in [6.07, 6.45) is 2.40. The molecule has 1 aromatic heterocycles. The smallest absolute Gasteiger partial charge is 0.269 e. The molecule has 22 heavy (non-hydrogen) atoms. The Hall–Kier alpha value is -1.76. The van der Waals surface area contributed by atoms with Crippen LogP contribution in [0.3, 0.4) is 0 Å². The highest BCUT2D eigenvalue weighted by atomic mass is 32.1. The molecule has 0 bridgehead atoms. The second-order valence-electron chi connectivity index (χ2n) is 5.57. The van der Waals surface area contributed by atoms with Crippen molar-refractivity contribution in [3.8, 4) is 0 Å². The maximum atomic E-state index is 11.0. The number of non-ortho nitro benzene ring substituents is 1. The zero-order chi connectivity index (χ0) is 15.5. The summed E-state index contributed by atoms with van der Waals surface area (Å²) >= 11 is 1.56. The van der Waals surface area contributed by atoms with Crippen LogP contribution in [0, 0.1) is 10.1 Å². The van der Waals surface area contributed by atoms with Crippen LogP contribution in [0.2, 0.25) is 0 Å². The second-order valence-corrected chi connectivity index (χ2v) is 6.35. The minimum absolute atomic E-state index is 0.0666. The molecule has 2 aromatic rings. The first-order valence-electron chi connectivity index (χ1n) is 7.36. The number of nitro benzene ring substituents is 1. The average molecular weight is 318 g/mol. The average Bonchev–Trinajstić information content (AvgIpc) is 3.06. The topological polar surface area (TPSA) is 75.4 Å². The first-order chi connectivity index (χ1) is 10.6. The van der Waals surface area contributed by atoms with Crippen molar-refractivity contribution in [2.24, 2.45) is 0 Å². The lowest BCUT2D eigenvalue weighted by molar-refractivity contribution is -0.385. The molecule has 2 N–H and O–H groups in total. The fourth-order valence-electron chi connectivity index (χ4n) is 2.95. The monoisotopic (exact) mass is 318 g/mol. The molecule has 116 valence electrons. The molecule has 0 fully saturated rings. The summed E-state index contributed by atoms with van der Waals surface area (Å²) in [5, 5.41) is 28.4. The molecular weight excluding hydrogens is 300 g/mol. The zero-order valence-corrected chi connectivity index (χ0v) is 12.9. The number of nitrogens with zero attached hydrogens (tertiary/aromatic N) is 1. The molecule has 0 unspecified atom stereocenters. The van der Waals surface area contributed by atoms with Crippen LogP contribution in [0.15, 0.2) is 35.0 Å². The molecule has 0 aliphatic heterocycles. The highest BCUT2D eigenvalue weighted by Gasteiger charge is 2.23. The summed E-state index contributed by atoms with van der Waals surface area (Å²) < 4.78 is 0. The maximum absolute atomic E-state index is 11.0. The van der Waals surface area contributed by atoms with Crippen LogP contribution >= 0.6 is 11.3 Å². The third-order valence-electron chi connectivity index (χ3n) is 4.14. The summed E-state index contributed by atoms with van der Waals surface area (Å²) in [6, 6.07) is 7.08. The van der Waals surface area contributed by atoms with E-state index in [1.54, 1.807) is 23.5 Å². The number of rotatable bonds is 5. The van der Waals surface area contributed by atoms with Gasteiger partial charge in [0.25, 0.3) is 5.69 Å². The lowest BCUT2D eigenvalue weighted by Crippen LogP contribution is -2.29. The van der Waals surface area contributed by atoms with Crippen molar-refractivity contribution in [2.45, 2.75) is 31.4 Å². The van der Waals surface area contributed by atoms with Gasteiger partial charge in [0.1, 0.15) is 0 Å². The number of hydrogen-bond acceptors (Lipinski definition) is 5. The van der Waals surface area contributed by atoms with E-state index in [4.69, 9.17) is 0 Å². The Bertz CT molecular complexity index is 657. The van der Waals surface area contributed by atoms with Crippen molar-refractivity contribution < 1.29 is 10.0 Å². The molecule has 3 rings (SSSR count). The molecule has 6 heteroatoms. The van der Waals surface area contributed by atoms with E-state index in [9.17, 15) is 15.2 Å². The predicted octanol–water partition coefficient (Wildman–Crippen LogP) is 3.36. The van der Waals surface area contributed by atoms with Crippen molar-refractivity contribution >= 4 is 17.0 Å². The fourth-order valence-corrected chi connectivity index (χ4v) is 3.66. The normalized spacial score (nSPS) is 18.7. The number of nitro groups is 1. The van der Waals surface area contributed by atoms with Crippen LogP contribution in [0.5, 0.6) is 0 Å². The van der Waals surface area contributed by atoms with Crippen molar-refractivity contribution in [2.75, 3.05) is 6.54 Å². The molecule has 2 atom stereocenters. The van der Waals surface area contributed by atoms with E-state index in [0.717, 1.165) is 30.4 Å². The lowest BCUT2D eigenvalue weighted by atomic mass is 9.87. The fraction of sp³-hybridized carbons (Fsp3) is 0.375. The van der Waals surface area contributed by atoms with Crippen LogP contribution in [-0.2, 0) is 6.42 Å². The second kappa shape index (κ2) is 6.56. The van der Waals surface area contributed by atoms with Gasteiger partial charge in [-0.2, -0.15) is 11.3 Å². The minimum Gasteiger partial charge on any atom is -0.387 e. The number of aliphatic hydroxyl groups excluding tert-OH is 1. The number of aliphatic hydroxyl groups is 1. The van der Waals surface area contributed by atoms with E-state index < -0.39 is 6.10 Å². The third-order valence-corrected chi connectivity index (χ3v) is 4.84. The number of thiophene rings is 1. The van der Waals surface area contributed by atoms with Gasteiger partial charge in [-0.25, -0.2) is 0 Å². The Morgan fingerprint density at radius 1 is 1.45 bits per heavy atom. The van der Waals surface area contributed by atoms with Crippen molar-refractivity contribution in [3.05, 3.63) is 61.8 Å². The summed E-state index contributed by atoms with van der Waals surface area (Å²) in [5.41, 5.74) is 3.20. The lowest BCUT2D eigenvalue weighted by Gasteiger charge is -2.27. The van der Waals surface area contributed by atoms with E-state index in [1.807, 2.05) is 22.9 Å². The zero-order valence-electron chi connectivity index (χ0n) is 12.1. The van der Waals surface area contributed by atoms with E-state index in [0.29, 0.717) is 6.54 Å². The first-order valence-corrected chi connectivity index (χ1v) is 8.30. The number of aryl methyl sites for hydroxylation is 1. The first kappa shape index (κ1) is 15.1. The molecule has 0 saturated heterocycles. The molecule has 0 spiro atoms. The van der Waals surface area contributed by atoms with Crippen LogP contribution in [0.1, 0.15) is 41.7 Å². The molecule has 5 nitrogen and oxygen atoms in total. The Morgan fingerprint density at radius 3 is 3.05 bits per heavy atom. The molecule has 0 amide bonds. The Balaban J connectivity index is 1.73. The van der Waals surface area contributed by atoms with Gasteiger partial charge in [-0.3, -0.25) is 10.1 Å². The standard InChI is InChI=1S/C16H18N2O3S/c19-16(12-6-7-22-10-12)9-17-15-3-1-2-11-4-5-13(18(20)21)8-14(11)15/h4-8,10,15-17,19H,1-3,9H2/t15-,16-/m1/s1. The summed E-state index contributed by atoms with van der Waals surface area (Å²) in [7, 11) is 0. The molecule has 1 aliphatic rings. The van der Waals surface area contributed by atoms with Crippen LogP contribution in [-0.4, -0.2) is 16.6 Å². The Kier molecular flexibility index (Phi) is 4.52. The minimum atomic E-state index is -0.546. The van der Waals surface area contributed by atoms with E-state index in [2.05, 4.69) is 5.32 Å². The molecule has 1 heterocycles. The van der Waals surface area contributed by atoms with Crippen LogP contribution in [0.25, 0.3) is 0 Å². The SMILES string of the molecule is O=[N+]([O-])c1ccc2c(c1)[C@H](NC[C@@H](O)c1ccsc1)CCC2. The van der Waals surface area contributed by atoms with Gasteiger partial charge in [-0.15, -0.1) is 0 Å². The molecule has 0 radical (unpaired) electrons. The number of benzene rings is 1. The quantitative estimate of drug-likeness (QED) is 0.655. The Morgan fingerprint density at radius 2 is 2.32 bits per heavy atom. The van der Waals surface area contributed by atoms with E-state index in [-0.39, 0.29) is 16.7 Å². The Labute approximate surface area is 132 Å². The molecule has 1 aliphatic carbocycles.